The number of rotatable bonds is 2. The summed E-state index contributed by atoms with van der Waals surface area (Å²) in [6.45, 7) is 7.30. The van der Waals surface area contributed by atoms with Gasteiger partial charge in [0.2, 0.25) is 0 Å². The van der Waals surface area contributed by atoms with E-state index >= 15 is 0 Å². The molecule has 3 rings (SSSR count). The van der Waals surface area contributed by atoms with Crippen LogP contribution in [0.4, 0.5) is 13.2 Å². The average Bonchev–Trinajstić information content (AvgIpc) is 2.95. The highest BCUT2D eigenvalue weighted by Gasteiger charge is 2.31. The Bertz CT molecular complexity index is 1000. The molecule has 1 unspecified atom stereocenters. The van der Waals surface area contributed by atoms with Crippen molar-refractivity contribution in [2.45, 2.75) is 45.4 Å². The van der Waals surface area contributed by atoms with Gasteiger partial charge in [-0.15, -0.1) is 15.0 Å². The van der Waals surface area contributed by atoms with Crippen LogP contribution in [0.3, 0.4) is 0 Å². The van der Waals surface area contributed by atoms with Crippen LogP contribution in [0.1, 0.15) is 50.5 Å². The standard InChI is InChI=1S/C19H20F3N3O2/c1-10(26)11-7-13(18(2,3)4)17(27)16(8-11)25-23-14-6-5-12(19(20,21)22)9-15(14)24-25/h5-10,26-27H,1-4H3. The lowest BCUT2D eigenvalue weighted by Crippen LogP contribution is -2.14. The summed E-state index contributed by atoms with van der Waals surface area (Å²) < 4.78 is 38.7. The number of benzene rings is 2. The highest BCUT2D eigenvalue weighted by molar-refractivity contribution is 5.75. The van der Waals surface area contributed by atoms with E-state index in [0.29, 0.717) is 11.1 Å². The number of fused-ring (bicyclic) bond motifs is 1. The van der Waals surface area contributed by atoms with Crippen molar-refractivity contribution in [2.75, 3.05) is 0 Å². The van der Waals surface area contributed by atoms with Gasteiger partial charge in [0.15, 0.2) is 0 Å². The maximum atomic E-state index is 12.9. The second-order valence-electron chi connectivity index (χ2n) is 7.55. The van der Waals surface area contributed by atoms with Crippen LogP contribution in [-0.4, -0.2) is 25.2 Å². The van der Waals surface area contributed by atoms with Crippen LogP contribution in [0.2, 0.25) is 0 Å². The van der Waals surface area contributed by atoms with Gasteiger partial charge in [0.25, 0.3) is 0 Å². The van der Waals surface area contributed by atoms with Crippen molar-refractivity contribution in [2.24, 2.45) is 0 Å². The molecule has 2 N–H and O–H groups in total. The fourth-order valence-electron chi connectivity index (χ4n) is 2.80. The minimum Gasteiger partial charge on any atom is -0.505 e. The second-order valence-corrected chi connectivity index (χ2v) is 7.55. The quantitative estimate of drug-likeness (QED) is 0.688. The van der Waals surface area contributed by atoms with Crippen molar-refractivity contribution >= 4 is 11.0 Å². The van der Waals surface area contributed by atoms with E-state index in [1.807, 2.05) is 20.8 Å². The predicted octanol–water partition coefficient (Wildman–Crippen LogP) is 4.50. The topological polar surface area (TPSA) is 71.2 Å². The highest BCUT2D eigenvalue weighted by atomic mass is 19.4. The summed E-state index contributed by atoms with van der Waals surface area (Å²) in [4.78, 5) is 1.10. The minimum atomic E-state index is -4.48. The molecule has 27 heavy (non-hydrogen) atoms. The molecule has 0 bridgehead atoms. The number of halogens is 3. The van der Waals surface area contributed by atoms with Crippen LogP contribution in [0.15, 0.2) is 30.3 Å². The van der Waals surface area contributed by atoms with Gasteiger partial charge in [-0.05, 0) is 48.2 Å². The van der Waals surface area contributed by atoms with E-state index in [-0.39, 0.29) is 22.5 Å². The lowest BCUT2D eigenvalue weighted by molar-refractivity contribution is -0.137. The van der Waals surface area contributed by atoms with Crippen LogP contribution in [0, 0.1) is 0 Å². The lowest BCUT2D eigenvalue weighted by atomic mass is 9.84. The molecule has 0 aliphatic heterocycles. The number of hydrogen-bond acceptors (Lipinski definition) is 4. The van der Waals surface area contributed by atoms with Gasteiger partial charge in [0.1, 0.15) is 22.5 Å². The van der Waals surface area contributed by atoms with E-state index in [9.17, 15) is 23.4 Å². The number of aliphatic hydroxyl groups excluding tert-OH is 1. The Kier molecular flexibility index (Phi) is 4.42. The molecule has 0 saturated carbocycles. The molecule has 2 aromatic carbocycles. The monoisotopic (exact) mass is 379 g/mol. The van der Waals surface area contributed by atoms with Gasteiger partial charge in [0, 0.05) is 5.56 Å². The normalized spacial score (nSPS) is 13.9. The van der Waals surface area contributed by atoms with Gasteiger partial charge < -0.3 is 10.2 Å². The first kappa shape index (κ1) is 19.2. The zero-order valence-corrected chi connectivity index (χ0v) is 15.3. The minimum absolute atomic E-state index is 0.0592. The van der Waals surface area contributed by atoms with Gasteiger partial charge >= 0.3 is 6.18 Å². The molecule has 1 atom stereocenters. The number of alkyl halides is 3. The Morgan fingerprint density at radius 3 is 2.19 bits per heavy atom. The molecule has 0 aliphatic rings. The number of aliphatic hydroxyl groups is 1. The van der Waals surface area contributed by atoms with Gasteiger partial charge in [0.05, 0.1) is 11.7 Å². The van der Waals surface area contributed by atoms with Gasteiger partial charge in [-0.2, -0.15) is 13.2 Å². The van der Waals surface area contributed by atoms with Crippen molar-refractivity contribution < 1.29 is 23.4 Å². The van der Waals surface area contributed by atoms with Gasteiger partial charge in [-0.3, -0.25) is 0 Å². The molecule has 1 heterocycles. The van der Waals surface area contributed by atoms with Crippen molar-refractivity contribution in [1.29, 1.82) is 0 Å². The lowest BCUT2D eigenvalue weighted by Gasteiger charge is -2.23. The number of aromatic hydroxyl groups is 1. The summed E-state index contributed by atoms with van der Waals surface area (Å²) in [7, 11) is 0. The van der Waals surface area contributed by atoms with E-state index in [4.69, 9.17) is 0 Å². The number of hydrogen-bond donors (Lipinski definition) is 2. The highest BCUT2D eigenvalue weighted by Crippen LogP contribution is 2.38. The van der Waals surface area contributed by atoms with Crippen LogP contribution in [0.25, 0.3) is 16.7 Å². The zero-order valence-electron chi connectivity index (χ0n) is 15.3. The maximum absolute atomic E-state index is 12.9. The maximum Gasteiger partial charge on any atom is 0.416 e. The van der Waals surface area contributed by atoms with Crippen molar-refractivity contribution in [3.05, 3.63) is 47.0 Å². The summed E-state index contributed by atoms with van der Waals surface area (Å²) in [5, 5.41) is 29.0. The van der Waals surface area contributed by atoms with E-state index in [1.165, 1.54) is 12.1 Å². The third-order valence-corrected chi connectivity index (χ3v) is 4.33. The summed E-state index contributed by atoms with van der Waals surface area (Å²) in [5.41, 5.74) is 0.395. The van der Waals surface area contributed by atoms with Gasteiger partial charge in [-0.1, -0.05) is 20.8 Å². The number of phenols is 1. The first-order valence-corrected chi connectivity index (χ1v) is 8.38. The van der Waals surface area contributed by atoms with Crippen LogP contribution in [0.5, 0.6) is 5.75 Å². The summed E-state index contributed by atoms with van der Waals surface area (Å²) in [6.07, 6.45) is -5.28. The Balaban J connectivity index is 2.22. The average molecular weight is 379 g/mol. The summed E-state index contributed by atoms with van der Waals surface area (Å²) >= 11 is 0. The third kappa shape index (κ3) is 3.62. The molecule has 3 aromatic rings. The molecule has 0 amide bonds. The molecule has 0 spiro atoms. The van der Waals surface area contributed by atoms with Crippen molar-refractivity contribution in [3.63, 3.8) is 0 Å². The molecule has 5 nitrogen and oxygen atoms in total. The number of nitrogens with zero attached hydrogens (tertiary/aromatic N) is 3. The molecular weight excluding hydrogens is 359 g/mol. The first-order chi connectivity index (χ1) is 12.4. The van der Waals surface area contributed by atoms with Crippen molar-refractivity contribution in [3.8, 4) is 11.4 Å². The SMILES string of the molecule is CC(O)c1cc(-n2nc3ccc(C(F)(F)F)cc3n2)c(O)c(C(C)(C)C)c1. The Morgan fingerprint density at radius 1 is 1.00 bits per heavy atom. The summed E-state index contributed by atoms with van der Waals surface area (Å²) in [6, 6.07) is 6.32. The van der Waals surface area contributed by atoms with Crippen LogP contribution < -0.4 is 0 Å². The smallest absolute Gasteiger partial charge is 0.416 e. The molecule has 0 radical (unpaired) electrons. The van der Waals surface area contributed by atoms with Crippen LogP contribution in [-0.2, 0) is 11.6 Å². The van der Waals surface area contributed by atoms with E-state index in [0.717, 1.165) is 16.9 Å². The molecule has 0 fully saturated rings. The predicted molar refractivity (Wildman–Crippen MR) is 94.9 cm³/mol. The van der Waals surface area contributed by atoms with Crippen LogP contribution >= 0.6 is 0 Å². The van der Waals surface area contributed by atoms with E-state index in [2.05, 4.69) is 10.2 Å². The first-order valence-electron chi connectivity index (χ1n) is 8.38. The second kappa shape index (κ2) is 6.23. The molecule has 0 saturated heterocycles. The molecule has 1 aromatic heterocycles. The third-order valence-electron chi connectivity index (χ3n) is 4.33. The molecule has 144 valence electrons. The Hall–Kier alpha value is -2.61. The summed E-state index contributed by atoms with van der Waals surface area (Å²) in [5.74, 6) is -0.0803. The molecule has 8 heteroatoms. The molecular formula is C19H20F3N3O2. The number of phenolic OH excluding ortho intramolecular Hbond substituents is 1. The Morgan fingerprint density at radius 2 is 1.63 bits per heavy atom. The zero-order chi connectivity index (χ0) is 20.1. The Labute approximate surface area is 154 Å². The number of aromatic nitrogens is 3. The molecule has 0 aliphatic carbocycles. The largest absolute Gasteiger partial charge is 0.505 e. The van der Waals surface area contributed by atoms with Crippen molar-refractivity contribution in [1.82, 2.24) is 15.0 Å². The fourth-order valence-corrected chi connectivity index (χ4v) is 2.80. The fraction of sp³-hybridized carbons (Fsp3) is 0.368. The van der Waals surface area contributed by atoms with E-state index < -0.39 is 23.3 Å². The van der Waals surface area contributed by atoms with E-state index in [1.54, 1.807) is 13.0 Å². The van der Waals surface area contributed by atoms with Gasteiger partial charge in [-0.25, -0.2) is 0 Å².